The van der Waals surface area contributed by atoms with Gasteiger partial charge in [0.2, 0.25) is 0 Å². The molecule has 0 amide bonds. The number of hydrogen-bond donors (Lipinski definition) is 3. The Hall–Kier alpha value is -1.52. The van der Waals surface area contributed by atoms with Crippen LogP contribution < -0.4 is 5.46 Å². The summed E-state index contributed by atoms with van der Waals surface area (Å²) in [6.07, 6.45) is 0. The molecule has 0 unspecified atom stereocenters. The molecule has 0 atom stereocenters. The van der Waals surface area contributed by atoms with Gasteiger partial charge in [-0.15, -0.1) is 0 Å². The van der Waals surface area contributed by atoms with E-state index < -0.39 is 7.12 Å². The summed E-state index contributed by atoms with van der Waals surface area (Å²) < 4.78 is 0. The summed E-state index contributed by atoms with van der Waals surface area (Å²) in [6.45, 7) is 0. The molecule has 0 bridgehead atoms. The molecule has 3 N–H and O–H groups in total. The first-order chi connectivity index (χ1) is 6.68. The maximum atomic E-state index is 9.27. The van der Waals surface area contributed by atoms with Gasteiger partial charge in [0.25, 0.3) is 0 Å². The average molecular weight is 188 g/mol. The normalized spacial score (nSPS) is 10.4. The van der Waals surface area contributed by atoms with Gasteiger partial charge in [-0.1, -0.05) is 24.3 Å². The molecule has 0 aromatic heterocycles. The molecule has 2 rings (SSSR count). The lowest BCUT2D eigenvalue weighted by Crippen LogP contribution is -2.30. The van der Waals surface area contributed by atoms with Crippen LogP contribution in [0.25, 0.3) is 10.8 Å². The molecule has 0 aliphatic carbocycles. The van der Waals surface area contributed by atoms with Crippen LogP contribution in [0.3, 0.4) is 0 Å². The van der Waals surface area contributed by atoms with Gasteiger partial charge >= 0.3 is 7.12 Å². The van der Waals surface area contributed by atoms with Crippen LogP contribution >= 0.6 is 0 Å². The predicted molar refractivity (Wildman–Crippen MR) is 55.4 cm³/mol. The zero-order chi connectivity index (χ0) is 10.1. The fraction of sp³-hybridized carbons (Fsp3) is 0. The molecule has 70 valence electrons. The van der Waals surface area contributed by atoms with Crippen molar-refractivity contribution in [2.75, 3.05) is 0 Å². The number of phenolic OH excluding ortho intramolecular Hbond substituents is 1. The molecular weight excluding hydrogens is 179 g/mol. The molecule has 2 aromatic rings. The van der Waals surface area contributed by atoms with E-state index in [-0.39, 0.29) is 5.75 Å². The molecule has 0 fully saturated rings. The van der Waals surface area contributed by atoms with Gasteiger partial charge in [-0.2, -0.15) is 0 Å². The van der Waals surface area contributed by atoms with E-state index in [4.69, 9.17) is 10.0 Å². The van der Waals surface area contributed by atoms with Crippen LogP contribution in [0, 0.1) is 0 Å². The highest BCUT2D eigenvalue weighted by atomic mass is 16.4. The van der Waals surface area contributed by atoms with E-state index in [0.717, 1.165) is 5.39 Å². The third kappa shape index (κ3) is 1.45. The van der Waals surface area contributed by atoms with Crippen molar-refractivity contribution >= 4 is 23.4 Å². The van der Waals surface area contributed by atoms with E-state index in [2.05, 4.69) is 0 Å². The van der Waals surface area contributed by atoms with E-state index >= 15 is 0 Å². The van der Waals surface area contributed by atoms with Gasteiger partial charge in [0.15, 0.2) is 0 Å². The van der Waals surface area contributed by atoms with Crippen molar-refractivity contribution < 1.29 is 15.2 Å². The minimum Gasteiger partial charge on any atom is -0.508 e. The van der Waals surface area contributed by atoms with Crippen LogP contribution in [0.15, 0.2) is 36.4 Å². The summed E-state index contributed by atoms with van der Waals surface area (Å²) in [7, 11) is -1.51. The minimum atomic E-state index is -1.51. The Kier molecular flexibility index (Phi) is 2.15. The Bertz CT molecular complexity index is 468. The van der Waals surface area contributed by atoms with Crippen LogP contribution in [-0.4, -0.2) is 22.3 Å². The van der Waals surface area contributed by atoms with Crippen LogP contribution in [0.5, 0.6) is 5.75 Å². The van der Waals surface area contributed by atoms with Crippen molar-refractivity contribution in [3.63, 3.8) is 0 Å². The van der Waals surface area contributed by atoms with E-state index in [0.29, 0.717) is 10.8 Å². The average Bonchev–Trinajstić information content (AvgIpc) is 2.16. The lowest BCUT2D eigenvalue weighted by atomic mass is 9.77. The van der Waals surface area contributed by atoms with Crippen LogP contribution in [0.4, 0.5) is 0 Å². The van der Waals surface area contributed by atoms with E-state index in [1.165, 1.54) is 6.07 Å². The monoisotopic (exact) mass is 188 g/mol. The standard InChI is InChI=1S/C10H9BO3/c12-8-5-4-7-2-1-3-10(11(13)14)9(7)6-8/h1-6,12-14H. The Morgan fingerprint density at radius 3 is 2.50 bits per heavy atom. The van der Waals surface area contributed by atoms with Crippen molar-refractivity contribution in [2.45, 2.75) is 0 Å². The van der Waals surface area contributed by atoms with Gasteiger partial charge < -0.3 is 15.2 Å². The summed E-state index contributed by atoms with van der Waals surface area (Å²) in [4.78, 5) is 0. The van der Waals surface area contributed by atoms with Crippen molar-refractivity contribution in [3.05, 3.63) is 36.4 Å². The molecule has 3 nitrogen and oxygen atoms in total. The van der Waals surface area contributed by atoms with Gasteiger partial charge in [-0.3, -0.25) is 0 Å². The summed E-state index contributed by atoms with van der Waals surface area (Å²) in [5.41, 5.74) is 0.401. The second-order valence-electron chi connectivity index (χ2n) is 3.13. The van der Waals surface area contributed by atoms with Crippen molar-refractivity contribution in [1.82, 2.24) is 0 Å². The van der Waals surface area contributed by atoms with Crippen molar-refractivity contribution in [3.8, 4) is 5.75 Å². The molecule has 0 saturated heterocycles. The first-order valence-corrected chi connectivity index (χ1v) is 4.26. The van der Waals surface area contributed by atoms with Crippen LogP contribution in [0.1, 0.15) is 0 Å². The highest BCUT2D eigenvalue weighted by Gasteiger charge is 2.14. The smallest absolute Gasteiger partial charge is 0.489 e. The summed E-state index contributed by atoms with van der Waals surface area (Å²) in [5.74, 6) is 0.116. The summed E-state index contributed by atoms with van der Waals surface area (Å²) in [6, 6.07) is 10.0. The number of benzene rings is 2. The zero-order valence-electron chi connectivity index (χ0n) is 7.38. The van der Waals surface area contributed by atoms with Gasteiger partial charge in [0.05, 0.1) is 0 Å². The molecule has 4 heteroatoms. The Labute approximate surface area is 81.4 Å². The Balaban J connectivity index is 2.77. The molecule has 0 heterocycles. The maximum Gasteiger partial charge on any atom is 0.489 e. The van der Waals surface area contributed by atoms with Crippen LogP contribution in [-0.2, 0) is 0 Å². The second kappa shape index (κ2) is 3.33. The molecule has 14 heavy (non-hydrogen) atoms. The van der Waals surface area contributed by atoms with Gasteiger partial charge in [0.1, 0.15) is 5.75 Å². The van der Waals surface area contributed by atoms with E-state index in [1.807, 2.05) is 6.07 Å². The molecule has 2 aromatic carbocycles. The van der Waals surface area contributed by atoms with Gasteiger partial charge in [-0.25, -0.2) is 0 Å². The number of rotatable bonds is 1. The highest BCUT2D eigenvalue weighted by molar-refractivity contribution is 6.62. The summed E-state index contributed by atoms with van der Waals surface area (Å²) in [5, 5.41) is 29.0. The van der Waals surface area contributed by atoms with Gasteiger partial charge in [-0.05, 0) is 28.4 Å². The highest BCUT2D eigenvalue weighted by Crippen LogP contribution is 2.18. The number of aromatic hydroxyl groups is 1. The Morgan fingerprint density at radius 2 is 1.79 bits per heavy atom. The molecule has 0 radical (unpaired) electrons. The van der Waals surface area contributed by atoms with E-state index in [1.54, 1.807) is 24.3 Å². The van der Waals surface area contributed by atoms with Crippen LogP contribution in [0.2, 0.25) is 0 Å². The number of phenols is 1. The largest absolute Gasteiger partial charge is 0.508 e. The third-order valence-electron chi connectivity index (χ3n) is 2.18. The fourth-order valence-electron chi connectivity index (χ4n) is 1.51. The lowest BCUT2D eigenvalue weighted by molar-refractivity contribution is 0.426. The number of fused-ring (bicyclic) bond motifs is 1. The quantitative estimate of drug-likeness (QED) is 0.561. The fourth-order valence-corrected chi connectivity index (χ4v) is 1.51. The minimum absolute atomic E-state index is 0.116. The van der Waals surface area contributed by atoms with Crippen molar-refractivity contribution in [2.24, 2.45) is 0 Å². The number of hydrogen-bond acceptors (Lipinski definition) is 3. The molecular formula is C10H9BO3. The SMILES string of the molecule is OB(O)c1cccc2ccc(O)cc12. The molecule has 0 aliphatic rings. The first kappa shape index (κ1) is 9.06. The maximum absolute atomic E-state index is 9.27. The first-order valence-electron chi connectivity index (χ1n) is 4.26. The van der Waals surface area contributed by atoms with Gasteiger partial charge in [0, 0.05) is 0 Å². The zero-order valence-corrected chi connectivity index (χ0v) is 7.38. The summed E-state index contributed by atoms with van der Waals surface area (Å²) >= 11 is 0. The second-order valence-corrected chi connectivity index (χ2v) is 3.13. The molecule has 0 aliphatic heterocycles. The van der Waals surface area contributed by atoms with E-state index in [9.17, 15) is 5.11 Å². The third-order valence-corrected chi connectivity index (χ3v) is 2.18. The van der Waals surface area contributed by atoms with Crippen molar-refractivity contribution in [1.29, 1.82) is 0 Å². The predicted octanol–water partition coefficient (Wildman–Crippen LogP) is 0.225. The topological polar surface area (TPSA) is 60.7 Å². The Morgan fingerprint density at radius 1 is 1.00 bits per heavy atom. The molecule has 0 saturated carbocycles. The molecule has 0 spiro atoms. The lowest BCUT2D eigenvalue weighted by Gasteiger charge is -2.05.